The van der Waals surface area contributed by atoms with Crippen LogP contribution in [-0.2, 0) is 6.54 Å². The van der Waals surface area contributed by atoms with Gasteiger partial charge in [-0.15, -0.1) is 0 Å². The summed E-state index contributed by atoms with van der Waals surface area (Å²) in [5.41, 5.74) is 4.20. The van der Waals surface area contributed by atoms with Crippen LogP contribution in [0.5, 0.6) is 0 Å². The van der Waals surface area contributed by atoms with E-state index >= 15 is 0 Å². The highest BCUT2D eigenvalue weighted by molar-refractivity contribution is 6.31. The summed E-state index contributed by atoms with van der Waals surface area (Å²) < 4.78 is 13.1. The number of anilines is 1. The van der Waals surface area contributed by atoms with Crippen molar-refractivity contribution < 1.29 is 4.39 Å². The Bertz CT molecular complexity index is 566. The molecule has 0 amide bonds. The normalized spacial score (nSPS) is 10.4. The summed E-state index contributed by atoms with van der Waals surface area (Å²) in [6.07, 6.45) is 0. The van der Waals surface area contributed by atoms with Gasteiger partial charge in [0.1, 0.15) is 5.82 Å². The number of hydrogen-bond donors (Lipinski definition) is 1. The maximum atomic E-state index is 13.1. The lowest BCUT2D eigenvalue weighted by atomic mass is 10.1. The molecule has 2 aromatic rings. The van der Waals surface area contributed by atoms with Crippen molar-refractivity contribution in [2.24, 2.45) is 0 Å². The molecule has 0 spiro atoms. The van der Waals surface area contributed by atoms with Crippen molar-refractivity contribution in [3.63, 3.8) is 0 Å². The number of rotatable bonds is 3. The first kappa shape index (κ1) is 12.9. The summed E-state index contributed by atoms with van der Waals surface area (Å²) in [7, 11) is 0. The number of hydrogen-bond acceptors (Lipinski definition) is 1. The summed E-state index contributed by atoms with van der Waals surface area (Å²) in [5.74, 6) is -0.267. The van der Waals surface area contributed by atoms with Crippen LogP contribution in [0.1, 0.15) is 16.7 Å². The van der Waals surface area contributed by atoms with Crippen LogP contribution in [0.15, 0.2) is 36.4 Å². The molecular weight excluding hydrogens is 249 g/mol. The molecule has 2 rings (SSSR count). The molecule has 0 unspecified atom stereocenters. The Kier molecular flexibility index (Phi) is 3.87. The van der Waals surface area contributed by atoms with Gasteiger partial charge in [0.25, 0.3) is 0 Å². The molecular formula is C15H15ClFN. The Hall–Kier alpha value is -1.54. The smallest absolute Gasteiger partial charge is 0.123 e. The second-order valence-electron chi connectivity index (χ2n) is 4.41. The molecule has 0 heterocycles. The van der Waals surface area contributed by atoms with Crippen LogP contribution in [0.3, 0.4) is 0 Å². The molecule has 1 nitrogen and oxygen atoms in total. The van der Waals surface area contributed by atoms with Gasteiger partial charge in [-0.25, -0.2) is 4.39 Å². The maximum absolute atomic E-state index is 13.1. The fourth-order valence-electron chi connectivity index (χ4n) is 1.88. The van der Waals surface area contributed by atoms with Gasteiger partial charge in [0.05, 0.1) is 0 Å². The van der Waals surface area contributed by atoms with Crippen LogP contribution in [0.4, 0.5) is 10.1 Å². The molecule has 0 aliphatic carbocycles. The summed E-state index contributed by atoms with van der Waals surface area (Å²) in [6.45, 7) is 4.61. The van der Waals surface area contributed by atoms with Crippen LogP contribution in [-0.4, -0.2) is 0 Å². The van der Waals surface area contributed by atoms with E-state index in [0.717, 1.165) is 11.3 Å². The van der Waals surface area contributed by atoms with E-state index in [9.17, 15) is 4.39 Å². The van der Waals surface area contributed by atoms with Gasteiger partial charge < -0.3 is 5.32 Å². The van der Waals surface area contributed by atoms with Crippen LogP contribution < -0.4 is 5.32 Å². The zero-order valence-corrected chi connectivity index (χ0v) is 11.2. The Balaban J connectivity index is 2.13. The summed E-state index contributed by atoms with van der Waals surface area (Å²) in [4.78, 5) is 0. The first-order chi connectivity index (χ1) is 8.56. The quantitative estimate of drug-likeness (QED) is 0.846. The van der Waals surface area contributed by atoms with Crippen molar-refractivity contribution in [1.82, 2.24) is 0 Å². The minimum Gasteiger partial charge on any atom is -0.381 e. The van der Waals surface area contributed by atoms with Crippen molar-refractivity contribution in [1.29, 1.82) is 0 Å². The van der Waals surface area contributed by atoms with E-state index in [1.165, 1.54) is 23.3 Å². The zero-order valence-electron chi connectivity index (χ0n) is 10.4. The first-order valence-corrected chi connectivity index (χ1v) is 6.19. The minimum atomic E-state index is -0.267. The molecule has 0 bridgehead atoms. The lowest BCUT2D eigenvalue weighted by Crippen LogP contribution is -2.02. The second-order valence-corrected chi connectivity index (χ2v) is 4.81. The molecule has 0 fully saturated rings. The van der Waals surface area contributed by atoms with E-state index in [1.807, 2.05) is 19.1 Å². The Morgan fingerprint density at radius 2 is 1.89 bits per heavy atom. The number of aryl methyl sites for hydroxylation is 2. The number of halogens is 2. The predicted octanol–water partition coefficient (Wildman–Crippen LogP) is 4.71. The van der Waals surface area contributed by atoms with Gasteiger partial charge >= 0.3 is 0 Å². The second kappa shape index (κ2) is 5.40. The lowest BCUT2D eigenvalue weighted by Gasteiger charge is -2.11. The van der Waals surface area contributed by atoms with Crippen molar-refractivity contribution in [2.45, 2.75) is 20.4 Å². The summed E-state index contributed by atoms with van der Waals surface area (Å²) in [5, 5.41) is 3.85. The zero-order chi connectivity index (χ0) is 13.1. The van der Waals surface area contributed by atoms with Crippen LogP contribution in [0.2, 0.25) is 5.02 Å². The molecule has 0 aromatic heterocycles. The van der Waals surface area contributed by atoms with Gasteiger partial charge in [-0.3, -0.25) is 0 Å². The van der Waals surface area contributed by atoms with E-state index in [1.54, 1.807) is 6.07 Å². The number of benzene rings is 2. The lowest BCUT2D eigenvalue weighted by molar-refractivity contribution is 0.626. The highest BCUT2D eigenvalue weighted by atomic mass is 35.5. The van der Waals surface area contributed by atoms with Crippen molar-refractivity contribution >= 4 is 17.3 Å². The third kappa shape index (κ3) is 3.02. The molecule has 94 valence electrons. The van der Waals surface area contributed by atoms with E-state index in [-0.39, 0.29) is 5.82 Å². The van der Waals surface area contributed by atoms with Gasteiger partial charge in [-0.05, 0) is 49.2 Å². The summed E-state index contributed by atoms with van der Waals surface area (Å²) >= 11 is 6.02. The van der Waals surface area contributed by atoms with Gasteiger partial charge in [0.15, 0.2) is 0 Å². The van der Waals surface area contributed by atoms with Gasteiger partial charge in [-0.1, -0.05) is 29.3 Å². The molecule has 1 N–H and O–H groups in total. The average Bonchev–Trinajstić information content (AvgIpc) is 2.32. The predicted molar refractivity (Wildman–Crippen MR) is 74.7 cm³/mol. The van der Waals surface area contributed by atoms with Gasteiger partial charge in [-0.2, -0.15) is 0 Å². The molecule has 0 aliphatic heterocycles. The molecule has 0 radical (unpaired) electrons. The van der Waals surface area contributed by atoms with E-state index < -0.39 is 0 Å². The van der Waals surface area contributed by atoms with Crippen LogP contribution >= 0.6 is 11.6 Å². The molecule has 0 aliphatic rings. The Morgan fingerprint density at radius 3 is 2.61 bits per heavy atom. The maximum Gasteiger partial charge on any atom is 0.123 e. The Labute approximate surface area is 112 Å². The fraction of sp³-hybridized carbons (Fsp3) is 0.200. The largest absolute Gasteiger partial charge is 0.381 e. The molecule has 0 atom stereocenters. The SMILES string of the molecule is Cc1ccc(NCc2cc(F)ccc2Cl)c(C)c1. The molecule has 3 heteroatoms. The highest BCUT2D eigenvalue weighted by Crippen LogP contribution is 2.21. The molecule has 18 heavy (non-hydrogen) atoms. The van der Waals surface area contributed by atoms with Gasteiger partial charge in [0.2, 0.25) is 0 Å². The van der Waals surface area contributed by atoms with E-state index in [4.69, 9.17) is 11.6 Å². The minimum absolute atomic E-state index is 0.267. The third-order valence-corrected chi connectivity index (χ3v) is 3.23. The van der Waals surface area contributed by atoms with Gasteiger partial charge in [0, 0.05) is 17.3 Å². The first-order valence-electron chi connectivity index (χ1n) is 5.81. The third-order valence-electron chi connectivity index (χ3n) is 2.86. The van der Waals surface area contributed by atoms with E-state index in [2.05, 4.69) is 18.3 Å². The molecule has 2 aromatic carbocycles. The van der Waals surface area contributed by atoms with Crippen LogP contribution in [0.25, 0.3) is 0 Å². The van der Waals surface area contributed by atoms with E-state index in [0.29, 0.717) is 11.6 Å². The van der Waals surface area contributed by atoms with Crippen molar-refractivity contribution in [3.8, 4) is 0 Å². The highest BCUT2D eigenvalue weighted by Gasteiger charge is 2.03. The van der Waals surface area contributed by atoms with Crippen molar-refractivity contribution in [3.05, 3.63) is 63.9 Å². The monoisotopic (exact) mass is 263 g/mol. The molecule has 0 saturated carbocycles. The summed E-state index contributed by atoms with van der Waals surface area (Å²) in [6, 6.07) is 10.6. The van der Waals surface area contributed by atoms with Crippen molar-refractivity contribution in [2.75, 3.05) is 5.32 Å². The Morgan fingerprint density at radius 1 is 1.11 bits per heavy atom. The fourth-order valence-corrected chi connectivity index (χ4v) is 2.07. The standard InChI is InChI=1S/C15H15ClFN/c1-10-3-6-15(11(2)7-10)18-9-12-8-13(17)4-5-14(12)16/h3-8,18H,9H2,1-2H3. The topological polar surface area (TPSA) is 12.0 Å². The number of nitrogens with one attached hydrogen (secondary N) is 1. The average molecular weight is 264 g/mol. The molecule has 0 saturated heterocycles. The van der Waals surface area contributed by atoms with Crippen LogP contribution in [0, 0.1) is 19.7 Å².